The minimum atomic E-state index is -4.21. The number of methoxy groups -OCH3 is 2. The summed E-state index contributed by atoms with van der Waals surface area (Å²) in [5, 5.41) is 12.2. The molecule has 2 aromatic carbocycles. The molecule has 0 bridgehead atoms. The predicted molar refractivity (Wildman–Crippen MR) is 124 cm³/mol. The Hall–Kier alpha value is -4.45. The molecule has 0 unspecified atom stereocenters. The number of ether oxygens (including phenoxy) is 2. The molecule has 0 saturated carbocycles. The van der Waals surface area contributed by atoms with Gasteiger partial charge in [-0.25, -0.2) is 28.2 Å². The Balaban J connectivity index is 1.79. The molecule has 0 fully saturated rings. The number of aromatic nitrogens is 3. The molecule has 0 aliphatic rings. The van der Waals surface area contributed by atoms with Crippen LogP contribution in [0.25, 0.3) is 11.2 Å². The summed E-state index contributed by atoms with van der Waals surface area (Å²) in [4.78, 5) is 23.9. The van der Waals surface area contributed by atoms with Gasteiger partial charge >= 0.3 is 5.97 Å². The van der Waals surface area contributed by atoms with E-state index in [2.05, 4.69) is 25.0 Å². The smallest absolute Gasteiger partial charge is 0.335 e. The number of anilines is 3. The number of nitrogens with zero attached hydrogens (tertiary/aromatic N) is 3. The molecule has 3 N–H and O–H groups in total. The SMILES string of the molecule is COc1cc(Nc2nc3cccnc3nc2NS(=O)(=O)c2cccc(C(=O)O)c2)cc(OC)c1. The number of carboxylic acid groups (broad SMARTS) is 1. The highest BCUT2D eigenvalue weighted by atomic mass is 32.2. The van der Waals surface area contributed by atoms with Crippen LogP contribution in [-0.4, -0.2) is 48.7 Å². The first-order chi connectivity index (χ1) is 16.3. The van der Waals surface area contributed by atoms with Crippen LogP contribution in [0.4, 0.5) is 17.3 Å². The third-order valence-electron chi connectivity index (χ3n) is 4.68. The van der Waals surface area contributed by atoms with Crippen molar-refractivity contribution in [3.63, 3.8) is 0 Å². The third-order valence-corrected chi connectivity index (χ3v) is 6.01. The lowest BCUT2D eigenvalue weighted by Crippen LogP contribution is -2.16. The van der Waals surface area contributed by atoms with Gasteiger partial charge in [0, 0.05) is 30.1 Å². The number of nitrogens with one attached hydrogen (secondary N) is 2. The lowest BCUT2D eigenvalue weighted by atomic mass is 10.2. The fraction of sp³-hybridized carbons (Fsp3) is 0.0909. The summed E-state index contributed by atoms with van der Waals surface area (Å²) in [5.41, 5.74) is 0.974. The molecule has 4 aromatic rings. The fourth-order valence-corrected chi connectivity index (χ4v) is 4.11. The van der Waals surface area contributed by atoms with Gasteiger partial charge in [0.05, 0.1) is 24.7 Å². The zero-order chi connectivity index (χ0) is 24.3. The van der Waals surface area contributed by atoms with E-state index in [1.54, 1.807) is 30.3 Å². The maximum absolute atomic E-state index is 13.1. The van der Waals surface area contributed by atoms with E-state index in [1.807, 2.05) is 0 Å². The van der Waals surface area contributed by atoms with Crippen molar-refractivity contribution in [2.45, 2.75) is 4.90 Å². The van der Waals surface area contributed by atoms with Crippen molar-refractivity contribution in [1.82, 2.24) is 15.0 Å². The first-order valence-electron chi connectivity index (χ1n) is 9.78. The Kier molecular flexibility index (Phi) is 6.15. The van der Waals surface area contributed by atoms with Gasteiger partial charge in [-0.15, -0.1) is 0 Å². The molecule has 12 heteroatoms. The maximum atomic E-state index is 13.1. The van der Waals surface area contributed by atoms with Gasteiger partial charge in [0.1, 0.15) is 17.0 Å². The van der Waals surface area contributed by atoms with Gasteiger partial charge < -0.3 is 19.9 Å². The molecule has 0 amide bonds. The zero-order valence-electron chi connectivity index (χ0n) is 18.0. The van der Waals surface area contributed by atoms with Crippen molar-refractivity contribution >= 4 is 44.5 Å². The standard InChI is InChI=1S/C22H19N5O6S/c1-32-15-10-14(11-16(12-15)33-2)24-20-21(26-19-18(25-20)7-4-8-23-19)27-34(30,31)17-6-3-5-13(9-17)22(28)29/h3-12H,1-2H3,(H,24,25)(H,28,29)(H,23,26,27). The van der Waals surface area contributed by atoms with Gasteiger partial charge in [-0.2, -0.15) is 0 Å². The number of sulfonamides is 1. The summed E-state index contributed by atoms with van der Waals surface area (Å²) in [5.74, 6) is -0.279. The molecular weight excluding hydrogens is 462 g/mol. The van der Waals surface area contributed by atoms with Crippen LogP contribution in [0.15, 0.2) is 65.7 Å². The van der Waals surface area contributed by atoms with Crippen molar-refractivity contribution < 1.29 is 27.8 Å². The molecule has 2 aromatic heterocycles. The summed E-state index contributed by atoms with van der Waals surface area (Å²) >= 11 is 0. The molecule has 34 heavy (non-hydrogen) atoms. The van der Waals surface area contributed by atoms with E-state index < -0.39 is 16.0 Å². The van der Waals surface area contributed by atoms with Crippen molar-refractivity contribution in [1.29, 1.82) is 0 Å². The predicted octanol–water partition coefficient (Wildman–Crippen LogP) is 3.28. The summed E-state index contributed by atoms with van der Waals surface area (Å²) in [7, 11) is -1.20. The third kappa shape index (κ3) is 4.81. The van der Waals surface area contributed by atoms with E-state index >= 15 is 0 Å². The van der Waals surface area contributed by atoms with Crippen molar-refractivity contribution in [2.75, 3.05) is 24.3 Å². The summed E-state index contributed by atoms with van der Waals surface area (Å²) in [6, 6.07) is 13.4. The summed E-state index contributed by atoms with van der Waals surface area (Å²) in [6.45, 7) is 0. The minimum absolute atomic E-state index is 0.0915. The number of fused-ring (bicyclic) bond motifs is 1. The number of hydrogen-bond donors (Lipinski definition) is 3. The highest BCUT2D eigenvalue weighted by molar-refractivity contribution is 7.92. The molecule has 0 aliphatic heterocycles. The van der Waals surface area contributed by atoms with Crippen molar-refractivity contribution in [3.8, 4) is 11.5 Å². The molecule has 0 spiro atoms. The number of rotatable bonds is 8. The Morgan fingerprint density at radius 1 is 0.941 bits per heavy atom. The van der Waals surface area contributed by atoms with Crippen LogP contribution in [-0.2, 0) is 10.0 Å². The second-order valence-electron chi connectivity index (χ2n) is 6.93. The average molecular weight is 481 g/mol. The number of aromatic carboxylic acids is 1. The topological polar surface area (TPSA) is 153 Å². The fourth-order valence-electron chi connectivity index (χ4n) is 3.05. The highest BCUT2D eigenvalue weighted by Gasteiger charge is 2.21. The van der Waals surface area contributed by atoms with Crippen molar-refractivity contribution in [2.24, 2.45) is 0 Å². The van der Waals surface area contributed by atoms with E-state index in [1.165, 1.54) is 38.6 Å². The van der Waals surface area contributed by atoms with Crippen LogP contribution in [0.3, 0.4) is 0 Å². The van der Waals surface area contributed by atoms with Crippen LogP contribution in [0, 0.1) is 0 Å². The molecule has 0 atom stereocenters. The molecule has 174 valence electrons. The number of carbonyl (C=O) groups is 1. The van der Waals surface area contributed by atoms with Gasteiger partial charge in [-0.1, -0.05) is 6.07 Å². The number of pyridine rings is 1. The quantitative estimate of drug-likeness (QED) is 0.342. The van der Waals surface area contributed by atoms with Gasteiger partial charge in [0.25, 0.3) is 10.0 Å². The van der Waals surface area contributed by atoms with E-state index in [0.29, 0.717) is 22.7 Å². The van der Waals surface area contributed by atoms with Crippen LogP contribution in [0.1, 0.15) is 10.4 Å². The summed E-state index contributed by atoms with van der Waals surface area (Å²) < 4.78 is 39.1. The number of benzene rings is 2. The van der Waals surface area contributed by atoms with Crippen molar-refractivity contribution in [3.05, 3.63) is 66.4 Å². The Morgan fingerprint density at radius 3 is 2.35 bits per heavy atom. The Morgan fingerprint density at radius 2 is 1.68 bits per heavy atom. The largest absolute Gasteiger partial charge is 0.497 e. The molecule has 11 nitrogen and oxygen atoms in total. The van der Waals surface area contributed by atoms with Crippen LogP contribution in [0.2, 0.25) is 0 Å². The monoisotopic (exact) mass is 481 g/mol. The first kappa shape index (κ1) is 22.7. The van der Waals surface area contributed by atoms with E-state index in [9.17, 15) is 18.3 Å². The van der Waals surface area contributed by atoms with Gasteiger partial charge in [0.2, 0.25) is 0 Å². The van der Waals surface area contributed by atoms with Gasteiger partial charge in [-0.3, -0.25) is 4.72 Å². The number of carboxylic acids is 1. The molecule has 0 aliphatic carbocycles. The van der Waals surface area contributed by atoms with Crippen LogP contribution < -0.4 is 19.5 Å². The van der Waals surface area contributed by atoms with Crippen LogP contribution >= 0.6 is 0 Å². The Bertz CT molecular complexity index is 1470. The average Bonchev–Trinajstić information content (AvgIpc) is 2.84. The van der Waals surface area contributed by atoms with E-state index in [-0.39, 0.29) is 27.7 Å². The normalized spacial score (nSPS) is 11.1. The van der Waals surface area contributed by atoms with E-state index in [0.717, 1.165) is 6.07 Å². The Labute approximate surface area is 194 Å². The first-order valence-corrected chi connectivity index (χ1v) is 11.3. The van der Waals surface area contributed by atoms with Gasteiger partial charge in [0.15, 0.2) is 17.3 Å². The van der Waals surface area contributed by atoms with Crippen LogP contribution in [0.5, 0.6) is 11.5 Å². The molecule has 0 radical (unpaired) electrons. The van der Waals surface area contributed by atoms with Gasteiger partial charge in [-0.05, 0) is 30.3 Å². The second-order valence-corrected chi connectivity index (χ2v) is 8.61. The minimum Gasteiger partial charge on any atom is -0.497 e. The number of hydrogen-bond acceptors (Lipinski definition) is 9. The zero-order valence-corrected chi connectivity index (χ0v) is 18.8. The molecule has 0 saturated heterocycles. The molecular formula is C22H19N5O6S. The summed E-state index contributed by atoms with van der Waals surface area (Å²) in [6.07, 6.45) is 1.51. The molecule has 4 rings (SSSR count). The lowest BCUT2D eigenvalue weighted by Gasteiger charge is -2.15. The molecule has 2 heterocycles. The second kappa shape index (κ2) is 9.19. The highest BCUT2D eigenvalue weighted by Crippen LogP contribution is 2.31. The maximum Gasteiger partial charge on any atom is 0.335 e. The van der Waals surface area contributed by atoms with E-state index in [4.69, 9.17) is 9.47 Å². The lowest BCUT2D eigenvalue weighted by molar-refractivity contribution is 0.0696.